The fourth-order valence-electron chi connectivity index (χ4n) is 5.82. The molecule has 0 aliphatic carbocycles. The highest BCUT2D eigenvalue weighted by Crippen LogP contribution is 2.40. The van der Waals surface area contributed by atoms with E-state index in [2.05, 4.69) is 64.9 Å². The summed E-state index contributed by atoms with van der Waals surface area (Å²) in [4.78, 5) is 14.7. The molecule has 4 aromatic carbocycles. The number of hydrogen-bond acceptors (Lipinski definition) is 4. The van der Waals surface area contributed by atoms with E-state index in [1.807, 2.05) is 37.3 Å². The Morgan fingerprint density at radius 2 is 1.62 bits per heavy atom. The summed E-state index contributed by atoms with van der Waals surface area (Å²) >= 11 is 0. The second kappa shape index (κ2) is 8.27. The second-order valence-corrected chi connectivity index (χ2v) is 9.65. The van der Waals surface area contributed by atoms with E-state index in [9.17, 15) is 4.79 Å². The zero-order valence-electron chi connectivity index (χ0n) is 20.8. The van der Waals surface area contributed by atoms with Gasteiger partial charge in [-0.15, -0.1) is 0 Å². The van der Waals surface area contributed by atoms with Gasteiger partial charge < -0.3 is 18.6 Å². The van der Waals surface area contributed by atoms with E-state index in [-0.39, 0.29) is 5.63 Å². The number of hydrogen-bond donors (Lipinski definition) is 0. The third-order valence-corrected chi connectivity index (χ3v) is 7.54. The van der Waals surface area contributed by atoms with Gasteiger partial charge in [0.2, 0.25) is 0 Å². The predicted octanol–water partition coefficient (Wildman–Crippen LogP) is 7.25. The minimum absolute atomic E-state index is 0.355. The van der Waals surface area contributed by atoms with Gasteiger partial charge in [-0.3, -0.25) is 0 Å². The number of aryl methyl sites for hydroxylation is 2. The fraction of sp³-hybridized carbons (Fsp3) is 0.156. The van der Waals surface area contributed by atoms with Crippen LogP contribution >= 0.6 is 0 Å². The van der Waals surface area contributed by atoms with Crippen molar-refractivity contribution in [3.8, 4) is 16.9 Å². The highest BCUT2D eigenvalue weighted by Gasteiger charge is 2.24. The Morgan fingerprint density at radius 1 is 0.838 bits per heavy atom. The quantitative estimate of drug-likeness (QED) is 0.247. The van der Waals surface area contributed by atoms with Crippen LogP contribution in [0.15, 0.2) is 94.1 Å². The van der Waals surface area contributed by atoms with Crippen molar-refractivity contribution >= 4 is 38.5 Å². The van der Waals surface area contributed by atoms with Gasteiger partial charge in [-0.25, -0.2) is 4.79 Å². The SMILES string of the molecule is CCn1c2ccccc2c2cc(N3COc4c(cc5c(-c6ccccc6)cc(=O)oc5c4C)C3)ccc21. The van der Waals surface area contributed by atoms with Crippen LogP contribution in [0, 0.1) is 6.92 Å². The number of aromatic nitrogens is 1. The van der Waals surface area contributed by atoms with E-state index in [0.717, 1.165) is 45.6 Å². The second-order valence-electron chi connectivity index (χ2n) is 9.65. The summed E-state index contributed by atoms with van der Waals surface area (Å²) in [5, 5.41) is 3.45. The first-order valence-electron chi connectivity index (χ1n) is 12.7. The predicted molar refractivity (Wildman–Crippen MR) is 149 cm³/mol. The molecule has 0 fully saturated rings. The fourth-order valence-corrected chi connectivity index (χ4v) is 5.82. The molecule has 6 aromatic rings. The van der Waals surface area contributed by atoms with Crippen LogP contribution in [0.1, 0.15) is 18.1 Å². The molecule has 0 atom stereocenters. The smallest absolute Gasteiger partial charge is 0.336 e. The van der Waals surface area contributed by atoms with E-state index >= 15 is 0 Å². The summed E-state index contributed by atoms with van der Waals surface area (Å²) in [6.45, 7) is 6.22. The Labute approximate surface area is 214 Å². The number of nitrogens with zero attached hydrogens (tertiary/aromatic N) is 2. The van der Waals surface area contributed by atoms with Gasteiger partial charge in [0.05, 0.1) is 0 Å². The molecule has 7 rings (SSSR count). The molecule has 1 aliphatic rings. The molecule has 182 valence electrons. The summed E-state index contributed by atoms with van der Waals surface area (Å²) in [6, 6.07) is 29.0. The van der Waals surface area contributed by atoms with Crippen LogP contribution in [0.2, 0.25) is 0 Å². The summed E-state index contributed by atoms with van der Waals surface area (Å²) < 4.78 is 14.3. The average Bonchev–Trinajstić information content (AvgIpc) is 3.26. The Morgan fingerprint density at radius 3 is 2.46 bits per heavy atom. The van der Waals surface area contributed by atoms with Crippen molar-refractivity contribution in [2.24, 2.45) is 0 Å². The minimum Gasteiger partial charge on any atom is -0.472 e. The lowest BCUT2D eigenvalue weighted by Gasteiger charge is -2.32. The maximum Gasteiger partial charge on any atom is 0.336 e. The number of ether oxygens (including phenoxy) is 1. The van der Waals surface area contributed by atoms with Crippen molar-refractivity contribution < 1.29 is 9.15 Å². The standard InChI is InChI=1S/C32H26N2O3/c1-3-34-28-12-8-7-11-24(28)26-16-23(13-14-29(26)34)33-18-22-15-27-25(21-9-5-4-6-10-21)17-30(35)37-32(27)20(2)31(22)36-19-33/h4-17H,3,18-19H2,1-2H3. The third-order valence-electron chi connectivity index (χ3n) is 7.54. The van der Waals surface area contributed by atoms with E-state index in [4.69, 9.17) is 9.15 Å². The molecular weight excluding hydrogens is 460 g/mol. The van der Waals surface area contributed by atoms with E-state index in [1.54, 1.807) is 6.07 Å². The van der Waals surface area contributed by atoms with Crippen molar-refractivity contribution in [2.75, 3.05) is 11.6 Å². The van der Waals surface area contributed by atoms with Crippen LogP contribution in [0.25, 0.3) is 43.9 Å². The van der Waals surface area contributed by atoms with Crippen molar-refractivity contribution in [3.05, 3.63) is 106 Å². The van der Waals surface area contributed by atoms with Crippen LogP contribution in [-0.4, -0.2) is 11.3 Å². The lowest BCUT2D eigenvalue weighted by atomic mass is 9.97. The lowest BCUT2D eigenvalue weighted by Crippen LogP contribution is -2.32. The zero-order chi connectivity index (χ0) is 25.1. The van der Waals surface area contributed by atoms with Crippen LogP contribution in [-0.2, 0) is 13.1 Å². The topological polar surface area (TPSA) is 47.6 Å². The molecule has 0 unspecified atom stereocenters. The average molecular weight is 487 g/mol. The zero-order valence-corrected chi connectivity index (χ0v) is 20.8. The molecule has 0 radical (unpaired) electrons. The maximum absolute atomic E-state index is 12.4. The number of anilines is 1. The van der Waals surface area contributed by atoms with Crippen LogP contribution in [0.4, 0.5) is 5.69 Å². The third kappa shape index (κ3) is 3.34. The highest BCUT2D eigenvalue weighted by atomic mass is 16.5. The first-order valence-corrected chi connectivity index (χ1v) is 12.7. The monoisotopic (exact) mass is 486 g/mol. The highest BCUT2D eigenvalue weighted by molar-refractivity contribution is 6.09. The summed E-state index contributed by atoms with van der Waals surface area (Å²) in [5.41, 5.74) is 7.68. The molecule has 0 N–H and O–H groups in total. The molecule has 5 heteroatoms. The van der Waals surface area contributed by atoms with Crippen molar-refractivity contribution in [1.82, 2.24) is 4.57 Å². The van der Waals surface area contributed by atoms with Gasteiger partial charge in [-0.1, -0.05) is 48.5 Å². The van der Waals surface area contributed by atoms with Crippen LogP contribution in [0.5, 0.6) is 5.75 Å². The van der Waals surface area contributed by atoms with E-state index < -0.39 is 0 Å². The first-order chi connectivity index (χ1) is 18.1. The summed E-state index contributed by atoms with van der Waals surface area (Å²) in [7, 11) is 0. The molecule has 2 aromatic heterocycles. The molecule has 37 heavy (non-hydrogen) atoms. The van der Waals surface area contributed by atoms with Gasteiger partial charge in [0.25, 0.3) is 0 Å². The van der Waals surface area contributed by atoms with Crippen molar-refractivity contribution in [1.29, 1.82) is 0 Å². The first kappa shape index (κ1) is 21.7. The molecule has 1 aliphatic heterocycles. The number of para-hydroxylation sites is 1. The van der Waals surface area contributed by atoms with E-state index in [1.165, 1.54) is 21.8 Å². The van der Waals surface area contributed by atoms with Crippen LogP contribution in [0.3, 0.4) is 0 Å². The van der Waals surface area contributed by atoms with Gasteiger partial charge >= 0.3 is 5.63 Å². The molecular formula is C32H26N2O3. The van der Waals surface area contributed by atoms with Gasteiger partial charge in [-0.2, -0.15) is 0 Å². The molecule has 3 heterocycles. The molecule has 0 saturated heterocycles. The van der Waals surface area contributed by atoms with E-state index in [0.29, 0.717) is 18.9 Å². The number of benzene rings is 4. The molecule has 0 amide bonds. The van der Waals surface area contributed by atoms with Gasteiger partial charge in [0, 0.05) is 63.2 Å². The number of fused-ring (bicyclic) bond motifs is 5. The number of rotatable bonds is 3. The normalized spacial score (nSPS) is 13.3. The van der Waals surface area contributed by atoms with Crippen molar-refractivity contribution in [2.45, 2.75) is 26.9 Å². The Balaban J connectivity index is 1.35. The van der Waals surface area contributed by atoms with Crippen LogP contribution < -0.4 is 15.3 Å². The Hall–Kier alpha value is -4.51. The molecule has 0 bridgehead atoms. The summed E-state index contributed by atoms with van der Waals surface area (Å²) in [5.74, 6) is 0.806. The Kier molecular flexibility index (Phi) is 4.86. The van der Waals surface area contributed by atoms with Gasteiger partial charge in [0.15, 0.2) is 6.73 Å². The Bertz CT molecular complexity index is 1880. The minimum atomic E-state index is -0.355. The molecule has 0 spiro atoms. The molecule has 0 saturated carbocycles. The van der Waals surface area contributed by atoms with Crippen molar-refractivity contribution in [3.63, 3.8) is 0 Å². The summed E-state index contributed by atoms with van der Waals surface area (Å²) in [6.07, 6.45) is 0. The van der Waals surface area contributed by atoms with Gasteiger partial charge in [0.1, 0.15) is 11.3 Å². The maximum atomic E-state index is 12.4. The largest absolute Gasteiger partial charge is 0.472 e. The molecule has 5 nitrogen and oxygen atoms in total. The van der Waals surface area contributed by atoms with Gasteiger partial charge in [-0.05, 0) is 55.3 Å². The lowest BCUT2D eigenvalue weighted by molar-refractivity contribution is 0.287.